The highest BCUT2D eigenvalue weighted by atomic mass is 19.3. The highest BCUT2D eigenvalue weighted by Gasteiger charge is 2.60. The summed E-state index contributed by atoms with van der Waals surface area (Å²) in [5, 5.41) is 0. The molecule has 1 amide bonds. The first kappa shape index (κ1) is 9.87. The van der Waals surface area contributed by atoms with Gasteiger partial charge < -0.3 is 5.73 Å². The van der Waals surface area contributed by atoms with Crippen LogP contribution in [0, 0.1) is 17.3 Å². The molecular weight excluding hydrogens is 188 g/mol. The lowest BCUT2D eigenvalue weighted by Gasteiger charge is -2.45. The predicted molar refractivity (Wildman–Crippen MR) is 47.7 cm³/mol. The minimum absolute atomic E-state index is 0.164. The molecule has 2 saturated carbocycles. The molecule has 0 aromatic heterocycles. The number of carbonyl (C=O) groups is 1. The van der Waals surface area contributed by atoms with Crippen molar-refractivity contribution in [2.24, 2.45) is 23.0 Å². The van der Waals surface area contributed by atoms with Crippen LogP contribution in [0.4, 0.5) is 8.78 Å². The van der Waals surface area contributed by atoms with E-state index in [4.69, 9.17) is 5.73 Å². The molecule has 0 spiro atoms. The van der Waals surface area contributed by atoms with Crippen molar-refractivity contribution in [2.75, 3.05) is 0 Å². The van der Waals surface area contributed by atoms with Gasteiger partial charge in [0.25, 0.3) is 0 Å². The Morgan fingerprint density at radius 1 is 1.36 bits per heavy atom. The lowest BCUT2D eigenvalue weighted by atomic mass is 9.61. The van der Waals surface area contributed by atoms with Gasteiger partial charge in [-0.2, -0.15) is 0 Å². The number of primary amides is 1. The molecule has 2 rings (SSSR count). The van der Waals surface area contributed by atoms with Crippen LogP contribution in [0.25, 0.3) is 0 Å². The van der Waals surface area contributed by atoms with Gasteiger partial charge in [0.05, 0.1) is 5.41 Å². The fourth-order valence-corrected chi connectivity index (χ4v) is 2.50. The maximum atomic E-state index is 12.7. The van der Waals surface area contributed by atoms with E-state index in [1.54, 1.807) is 6.92 Å². The van der Waals surface area contributed by atoms with Gasteiger partial charge in [-0.15, -0.1) is 0 Å². The summed E-state index contributed by atoms with van der Waals surface area (Å²) in [7, 11) is 0. The third-order valence-electron chi connectivity index (χ3n) is 3.89. The average Bonchev–Trinajstić information content (AvgIpc) is 2.80. The fraction of sp³-hybridized carbons (Fsp3) is 0.900. The number of hydrogen-bond donors (Lipinski definition) is 1. The number of hydrogen-bond acceptors (Lipinski definition) is 1. The summed E-state index contributed by atoms with van der Waals surface area (Å²) in [5.41, 5.74) is 4.65. The molecule has 80 valence electrons. The van der Waals surface area contributed by atoms with E-state index in [0.717, 1.165) is 12.8 Å². The van der Waals surface area contributed by atoms with Crippen molar-refractivity contribution in [3.05, 3.63) is 0 Å². The highest BCUT2D eigenvalue weighted by Crippen LogP contribution is 2.59. The topological polar surface area (TPSA) is 43.1 Å². The van der Waals surface area contributed by atoms with Gasteiger partial charge in [-0.25, -0.2) is 8.78 Å². The minimum atomic E-state index is -2.56. The largest absolute Gasteiger partial charge is 0.369 e. The quantitative estimate of drug-likeness (QED) is 0.748. The molecule has 0 saturated heterocycles. The van der Waals surface area contributed by atoms with E-state index in [0.29, 0.717) is 0 Å². The zero-order valence-corrected chi connectivity index (χ0v) is 8.22. The summed E-state index contributed by atoms with van der Waals surface area (Å²) in [5.74, 6) is -2.92. The van der Waals surface area contributed by atoms with Crippen molar-refractivity contribution in [1.82, 2.24) is 0 Å². The summed E-state index contributed by atoms with van der Waals surface area (Å²) in [4.78, 5) is 11.3. The summed E-state index contributed by atoms with van der Waals surface area (Å²) in [6, 6.07) is 0. The van der Waals surface area contributed by atoms with Crippen molar-refractivity contribution in [1.29, 1.82) is 0 Å². The Morgan fingerprint density at radius 3 is 2.14 bits per heavy atom. The van der Waals surface area contributed by atoms with E-state index in [-0.39, 0.29) is 24.7 Å². The van der Waals surface area contributed by atoms with Crippen molar-refractivity contribution >= 4 is 5.91 Å². The van der Waals surface area contributed by atoms with Crippen molar-refractivity contribution in [3.63, 3.8) is 0 Å². The molecule has 4 heteroatoms. The molecule has 1 atom stereocenters. The minimum Gasteiger partial charge on any atom is -0.369 e. The Hall–Kier alpha value is -0.670. The van der Waals surface area contributed by atoms with Gasteiger partial charge in [0.1, 0.15) is 0 Å². The first-order valence-electron chi connectivity index (χ1n) is 5.04. The molecule has 2 N–H and O–H groups in total. The molecule has 2 nitrogen and oxygen atoms in total. The summed E-state index contributed by atoms with van der Waals surface area (Å²) in [6.07, 6.45) is 1.59. The van der Waals surface area contributed by atoms with Gasteiger partial charge in [0.15, 0.2) is 0 Å². The molecule has 2 fully saturated rings. The number of carbonyl (C=O) groups excluding carboxylic acids is 1. The smallest absolute Gasteiger partial charge is 0.248 e. The number of nitrogens with two attached hydrogens (primary N) is 1. The first-order valence-corrected chi connectivity index (χ1v) is 5.04. The van der Waals surface area contributed by atoms with Crippen LogP contribution in [0.3, 0.4) is 0 Å². The predicted octanol–water partition coefficient (Wildman–Crippen LogP) is 1.93. The molecule has 0 heterocycles. The van der Waals surface area contributed by atoms with Crippen LogP contribution in [0.2, 0.25) is 0 Å². The lowest BCUT2D eigenvalue weighted by Crippen LogP contribution is -2.51. The molecule has 0 aromatic rings. The monoisotopic (exact) mass is 203 g/mol. The molecule has 2 aliphatic carbocycles. The molecular formula is C10H15F2NO. The second-order valence-corrected chi connectivity index (χ2v) is 4.88. The van der Waals surface area contributed by atoms with Crippen LogP contribution >= 0.6 is 0 Å². The summed E-state index contributed by atoms with van der Waals surface area (Å²) < 4.78 is 25.4. The average molecular weight is 203 g/mol. The van der Waals surface area contributed by atoms with E-state index < -0.39 is 17.2 Å². The number of rotatable bonds is 3. The highest BCUT2D eigenvalue weighted by molar-refractivity contribution is 5.81. The maximum absolute atomic E-state index is 12.7. The molecule has 1 unspecified atom stereocenters. The third-order valence-corrected chi connectivity index (χ3v) is 3.89. The Labute approximate surface area is 81.8 Å². The van der Waals surface area contributed by atoms with Crippen LogP contribution in [-0.4, -0.2) is 11.8 Å². The number of amides is 1. The Bertz CT molecular complexity index is 267. The Morgan fingerprint density at radius 2 is 1.86 bits per heavy atom. The fourth-order valence-electron chi connectivity index (χ4n) is 2.50. The van der Waals surface area contributed by atoms with Gasteiger partial charge >= 0.3 is 0 Å². The SMILES string of the molecule is CC(C(N)=O)(C1CC1)C1CC(F)(F)C1. The zero-order chi connectivity index (χ0) is 10.6. The van der Waals surface area contributed by atoms with Crippen LogP contribution in [0.5, 0.6) is 0 Å². The normalized spacial score (nSPS) is 30.5. The third kappa shape index (κ3) is 1.31. The second-order valence-electron chi connectivity index (χ2n) is 4.88. The molecule has 14 heavy (non-hydrogen) atoms. The van der Waals surface area contributed by atoms with Gasteiger partial charge in [0, 0.05) is 12.8 Å². The first-order chi connectivity index (χ1) is 6.36. The summed E-state index contributed by atoms with van der Waals surface area (Å²) in [6.45, 7) is 1.76. The molecule has 2 aliphatic rings. The summed E-state index contributed by atoms with van der Waals surface area (Å²) >= 11 is 0. The van der Waals surface area contributed by atoms with E-state index in [1.807, 2.05) is 0 Å². The van der Waals surface area contributed by atoms with E-state index in [9.17, 15) is 13.6 Å². The maximum Gasteiger partial charge on any atom is 0.248 e. The zero-order valence-electron chi connectivity index (χ0n) is 8.22. The Balaban J connectivity index is 2.09. The molecule has 0 aliphatic heterocycles. The standard InChI is InChI=1S/C10H15F2NO/c1-9(8(13)14,6-2-3-6)7-4-10(11,12)5-7/h6-7H,2-5H2,1H3,(H2,13,14). The lowest BCUT2D eigenvalue weighted by molar-refractivity contribution is -0.163. The number of alkyl halides is 2. The van der Waals surface area contributed by atoms with Crippen molar-refractivity contribution < 1.29 is 13.6 Å². The number of halogens is 2. The van der Waals surface area contributed by atoms with Gasteiger partial charge in [-0.1, -0.05) is 6.92 Å². The Kier molecular flexibility index (Phi) is 1.88. The van der Waals surface area contributed by atoms with Crippen LogP contribution in [0.1, 0.15) is 32.6 Å². The van der Waals surface area contributed by atoms with E-state index >= 15 is 0 Å². The van der Waals surface area contributed by atoms with Gasteiger partial charge in [0.2, 0.25) is 11.8 Å². The van der Waals surface area contributed by atoms with E-state index in [2.05, 4.69) is 0 Å². The van der Waals surface area contributed by atoms with Crippen LogP contribution in [-0.2, 0) is 4.79 Å². The molecule has 0 aromatic carbocycles. The van der Waals surface area contributed by atoms with Gasteiger partial charge in [-0.3, -0.25) is 4.79 Å². The van der Waals surface area contributed by atoms with Gasteiger partial charge in [-0.05, 0) is 24.7 Å². The van der Waals surface area contributed by atoms with Crippen LogP contribution < -0.4 is 5.73 Å². The van der Waals surface area contributed by atoms with Crippen molar-refractivity contribution in [2.45, 2.75) is 38.5 Å². The van der Waals surface area contributed by atoms with E-state index in [1.165, 1.54) is 0 Å². The second kappa shape index (κ2) is 2.67. The molecule has 0 bridgehead atoms. The van der Waals surface area contributed by atoms with Crippen LogP contribution in [0.15, 0.2) is 0 Å². The van der Waals surface area contributed by atoms with Crippen molar-refractivity contribution in [3.8, 4) is 0 Å². The molecule has 0 radical (unpaired) electrons.